The lowest BCUT2D eigenvalue weighted by molar-refractivity contribution is 0.628. The largest absolute Gasteiger partial charge is 0.381 e. The van der Waals surface area contributed by atoms with Crippen molar-refractivity contribution in [2.24, 2.45) is 0 Å². The molecule has 18 heavy (non-hydrogen) atoms. The van der Waals surface area contributed by atoms with Crippen molar-refractivity contribution in [2.75, 3.05) is 5.32 Å². The van der Waals surface area contributed by atoms with E-state index >= 15 is 0 Å². The number of nitrogens with zero attached hydrogens (tertiary/aromatic N) is 2. The van der Waals surface area contributed by atoms with E-state index in [1.165, 1.54) is 12.1 Å². The Labute approximate surface area is 104 Å². The molecule has 1 aromatic carbocycles. The molecule has 0 unspecified atom stereocenters. The summed E-state index contributed by atoms with van der Waals surface area (Å²) >= 11 is 0. The molecule has 90 valence electrons. The van der Waals surface area contributed by atoms with Crippen molar-refractivity contribution in [3.05, 3.63) is 66.2 Å². The first-order valence-corrected chi connectivity index (χ1v) is 5.73. The van der Waals surface area contributed by atoms with Crippen LogP contribution in [0.3, 0.4) is 0 Å². The van der Waals surface area contributed by atoms with Crippen molar-refractivity contribution in [1.82, 2.24) is 9.61 Å². The van der Waals surface area contributed by atoms with Crippen LogP contribution in [-0.4, -0.2) is 9.61 Å². The quantitative estimate of drug-likeness (QED) is 0.763. The molecule has 0 amide bonds. The molecule has 0 atom stereocenters. The number of anilines is 1. The lowest BCUT2D eigenvalue weighted by atomic mass is 10.2. The van der Waals surface area contributed by atoms with Crippen LogP contribution in [0, 0.1) is 5.82 Å². The van der Waals surface area contributed by atoms with Crippen molar-refractivity contribution in [1.29, 1.82) is 0 Å². The van der Waals surface area contributed by atoms with Crippen LogP contribution in [0.5, 0.6) is 0 Å². The van der Waals surface area contributed by atoms with Gasteiger partial charge in [0.05, 0.1) is 11.7 Å². The Morgan fingerprint density at radius 1 is 1.17 bits per heavy atom. The number of aromatic nitrogens is 2. The number of fused-ring (bicyclic) bond motifs is 1. The van der Waals surface area contributed by atoms with Crippen LogP contribution in [0.1, 0.15) is 5.56 Å². The number of hydrogen-bond donors (Lipinski definition) is 1. The standard InChI is InChI=1S/C14H12FN3/c15-12-4-3-5-13(8-12)16-9-11-10-17-18-7-2-1-6-14(11)18/h1-8,10,16H,9H2. The topological polar surface area (TPSA) is 29.3 Å². The van der Waals surface area contributed by atoms with Crippen LogP contribution in [0.15, 0.2) is 54.9 Å². The average Bonchev–Trinajstić information content (AvgIpc) is 2.80. The summed E-state index contributed by atoms with van der Waals surface area (Å²) in [4.78, 5) is 0. The van der Waals surface area contributed by atoms with Gasteiger partial charge in [0.25, 0.3) is 0 Å². The van der Waals surface area contributed by atoms with Gasteiger partial charge in [0.15, 0.2) is 0 Å². The lowest BCUT2D eigenvalue weighted by Crippen LogP contribution is -1.99. The zero-order valence-corrected chi connectivity index (χ0v) is 9.68. The molecule has 3 nitrogen and oxygen atoms in total. The Hall–Kier alpha value is -2.36. The molecule has 0 saturated carbocycles. The van der Waals surface area contributed by atoms with E-state index in [2.05, 4.69) is 10.4 Å². The highest BCUT2D eigenvalue weighted by molar-refractivity contribution is 5.55. The van der Waals surface area contributed by atoms with Crippen molar-refractivity contribution in [3.8, 4) is 0 Å². The number of halogens is 1. The molecule has 2 aromatic heterocycles. The first-order chi connectivity index (χ1) is 8.83. The van der Waals surface area contributed by atoms with Crippen LogP contribution in [-0.2, 0) is 6.54 Å². The summed E-state index contributed by atoms with van der Waals surface area (Å²) in [6.45, 7) is 0.622. The van der Waals surface area contributed by atoms with E-state index in [1.807, 2.05) is 41.2 Å². The van der Waals surface area contributed by atoms with Gasteiger partial charge in [-0.3, -0.25) is 0 Å². The molecule has 2 heterocycles. The summed E-state index contributed by atoms with van der Waals surface area (Å²) < 4.78 is 14.9. The summed E-state index contributed by atoms with van der Waals surface area (Å²) in [6.07, 6.45) is 3.72. The minimum absolute atomic E-state index is 0.236. The van der Waals surface area contributed by atoms with Crippen molar-refractivity contribution in [3.63, 3.8) is 0 Å². The zero-order chi connectivity index (χ0) is 12.4. The SMILES string of the molecule is Fc1cccc(NCc2cnn3ccccc23)c1. The summed E-state index contributed by atoms with van der Waals surface area (Å²) in [7, 11) is 0. The number of nitrogens with one attached hydrogen (secondary N) is 1. The van der Waals surface area contributed by atoms with Gasteiger partial charge in [0.2, 0.25) is 0 Å². The first kappa shape index (κ1) is 10.8. The predicted molar refractivity (Wildman–Crippen MR) is 68.9 cm³/mol. The molecule has 0 aliphatic carbocycles. The molecule has 0 aliphatic heterocycles. The van der Waals surface area contributed by atoms with E-state index in [4.69, 9.17) is 0 Å². The van der Waals surface area contributed by atoms with Gasteiger partial charge in [0.1, 0.15) is 5.82 Å². The number of rotatable bonds is 3. The number of pyridine rings is 1. The minimum Gasteiger partial charge on any atom is -0.381 e. The monoisotopic (exact) mass is 241 g/mol. The van der Waals surface area contributed by atoms with Gasteiger partial charge in [-0.25, -0.2) is 8.91 Å². The second kappa shape index (κ2) is 4.49. The van der Waals surface area contributed by atoms with Gasteiger partial charge in [-0.2, -0.15) is 5.10 Å². The van der Waals surface area contributed by atoms with Gasteiger partial charge in [-0.15, -0.1) is 0 Å². The Morgan fingerprint density at radius 2 is 2.11 bits per heavy atom. The Kier molecular flexibility index (Phi) is 2.68. The number of hydrogen-bond acceptors (Lipinski definition) is 2. The van der Waals surface area contributed by atoms with Gasteiger partial charge < -0.3 is 5.32 Å². The first-order valence-electron chi connectivity index (χ1n) is 5.73. The molecule has 0 bridgehead atoms. The molecule has 0 aliphatic rings. The van der Waals surface area contributed by atoms with Gasteiger partial charge >= 0.3 is 0 Å². The maximum Gasteiger partial charge on any atom is 0.125 e. The minimum atomic E-state index is -0.236. The van der Waals surface area contributed by atoms with Crippen molar-refractivity contribution < 1.29 is 4.39 Å². The van der Waals surface area contributed by atoms with Crippen molar-refractivity contribution in [2.45, 2.75) is 6.54 Å². The second-order valence-corrected chi connectivity index (χ2v) is 4.06. The molecular weight excluding hydrogens is 229 g/mol. The molecule has 3 rings (SSSR count). The molecule has 0 fully saturated rings. The Balaban J connectivity index is 1.81. The maximum absolute atomic E-state index is 13.0. The zero-order valence-electron chi connectivity index (χ0n) is 9.68. The van der Waals surface area contributed by atoms with Crippen LogP contribution in [0.2, 0.25) is 0 Å². The molecule has 0 saturated heterocycles. The summed E-state index contributed by atoms with van der Waals surface area (Å²) in [5.74, 6) is -0.236. The second-order valence-electron chi connectivity index (χ2n) is 4.06. The average molecular weight is 241 g/mol. The third-order valence-electron chi connectivity index (χ3n) is 2.81. The lowest BCUT2D eigenvalue weighted by Gasteiger charge is -2.05. The van der Waals surface area contributed by atoms with E-state index in [-0.39, 0.29) is 5.82 Å². The normalized spacial score (nSPS) is 10.7. The highest BCUT2D eigenvalue weighted by atomic mass is 19.1. The third kappa shape index (κ3) is 2.05. The highest BCUT2D eigenvalue weighted by Gasteiger charge is 2.02. The third-order valence-corrected chi connectivity index (χ3v) is 2.81. The van der Waals surface area contributed by atoms with E-state index in [0.29, 0.717) is 6.54 Å². The molecule has 1 N–H and O–H groups in total. The maximum atomic E-state index is 13.0. The van der Waals surface area contributed by atoms with Gasteiger partial charge in [-0.1, -0.05) is 12.1 Å². The predicted octanol–water partition coefficient (Wildman–Crippen LogP) is 3.09. The van der Waals surface area contributed by atoms with Crippen LogP contribution in [0.25, 0.3) is 5.52 Å². The molecule has 0 spiro atoms. The summed E-state index contributed by atoms with van der Waals surface area (Å²) in [6, 6.07) is 12.4. The fraction of sp³-hybridized carbons (Fsp3) is 0.0714. The Morgan fingerprint density at radius 3 is 3.00 bits per heavy atom. The molecular formula is C14H12FN3. The van der Waals surface area contributed by atoms with Crippen LogP contribution in [0.4, 0.5) is 10.1 Å². The van der Waals surface area contributed by atoms with Crippen molar-refractivity contribution >= 4 is 11.2 Å². The van der Waals surface area contributed by atoms with Gasteiger partial charge in [-0.05, 0) is 30.3 Å². The smallest absolute Gasteiger partial charge is 0.125 e. The number of benzene rings is 1. The summed E-state index contributed by atoms with van der Waals surface area (Å²) in [5, 5.41) is 7.44. The van der Waals surface area contributed by atoms with E-state index in [9.17, 15) is 4.39 Å². The molecule has 3 aromatic rings. The van der Waals surface area contributed by atoms with Crippen LogP contribution < -0.4 is 5.32 Å². The fourth-order valence-electron chi connectivity index (χ4n) is 1.92. The van der Waals surface area contributed by atoms with Gasteiger partial charge in [0, 0.05) is 24.0 Å². The van der Waals surface area contributed by atoms with E-state index < -0.39 is 0 Å². The molecule has 4 heteroatoms. The molecule has 0 radical (unpaired) electrons. The van der Waals surface area contributed by atoms with E-state index in [1.54, 1.807) is 6.07 Å². The van der Waals surface area contributed by atoms with Crippen LogP contribution >= 0.6 is 0 Å². The fourth-order valence-corrected chi connectivity index (χ4v) is 1.92. The highest BCUT2D eigenvalue weighted by Crippen LogP contribution is 2.14. The summed E-state index contributed by atoms with van der Waals surface area (Å²) in [5.41, 5.74) is 2.91. The van der Waals surface area contributed by atoms with E-state index in [0.717, 1.165) is 16.8 Å². The Bertz CT molecular complexity index is 675.